The number of carbonyl (C=O) groups excluding carboxylic acids is 2. The minimum absolute atomic E-state index is 0.0556. The van der Waals surface area contributed by atoms with Crippen LogP contribution in [0.25, 0.3) is 0 Å². The first-order valence-corrected chi connectivity index (χ1v) is 6.44. The fourth-order valence-electron chi connectivity index (χ4n) is 1.97. The number of rotatable bonds is 3. The number of nitrogens with zero attached hydrogens (tertiary/aromatic N) is 1. The summed E-state index contributed by atoms with van der Waals surface area (Å²) < 4.78 is 0. The Balaban J connectivity index is 1.96. The molecule has 1 unspecified atom stereocenters. The van der Waals surface area contributed by atoms with Crippen LogP contribution >= 0.6 is 11.6 Å². The molecule has 1 aliphatic heterocycles. The summed E-state index contributed by atoms with van der Waals surface area (Å²) in [4.78, 5) is 24.8. The first-order valence-electron chi connectivity index (χ1n) is 6.06. The molecule has 19 heavy (non-hydrogen) atoms. The van der Waals surface area contributed by atoms with Gasteiger partial charge in [0.25, 0.3) is 0 Å². The molecule has 1 saturated heterocycles. The number of likely N-dealkylation sites (N-methyl/N-ethyl adjacent to an activating group) is 1. The summed E-state index contributed by atoms with van der Waals surface area (Å²) in [5.41, 5.74) is 0.903. The van der Waals surface area contributed by atoms with Crippen LogP contribution in [-0.4, -0.2) is 42.9 Å². The average Bonchev–Trinajstić information content (AvgIpc) is 2.41. The van der Waals surface area contributed by atoms with Gasteiger partial charge < -0.3 is 10.2 Å². The summed E-state index contributed by atoms with van der Waals surface area (Å²) in [5.74, 6) is -0.141. The van der Waals surface area contributed by atoms with Gasteiger partial charge in [-0.2, -0.15) is 0 Å². The quantitative estimate of drug-likeness (QED) is 0.842. The van der Waals surface area contributed by atoms with E-state index in [0.717, 1.165) is 5.56 Å². The van der Waals surface area contributed by atoms with E-state index in [-0.39, 0.29) is 24.4 Å². The van der Waals surface area contributed by atoms with Gasteiger partial charge >= 0.3 is 0 Å². The Hall–Kier alpha value is -1.59. The van der Waals surface area contributed by atoms with Crippen molar-refractivity contribution in [2.45, 2.75) is 12.6 Å². The molecule has 2 rings (SSSR count). The molecule has 0 spiro atoms. The Labute approximate surface area is 116 Å². The molecule has 0 aromatic heterocycles. The number of amides is 2. The van der Waals surface area contributed by atoms with Crippen molar-refractivity contribution in [1.82, 2.24) is 15.5 Å². The maximum absolute atomic E-state index is 12.2. The zero-order valence-electron chi connectivity index (χ0n) is 10.6. The lowest BCUT2D eigenvalue weighted by Gasteiger charge is -2.27. The summed E-state index contributed by atoms with van der Waals surface area (Å²) in [6, 6.07) is 7.06. The second-order valence-corrected chi connectivity index (χ2v) is 4.93. The number of nitrogens with one attached hydrogen (secondary N) is 2. The van der Waals surface area contributed by atoms with Gasteiger partial charge in [-0.25, -0.2) is 0 Å². The van der Waals surface area contributed by atoms with Crippen LogP contribution in [0.15, 0.2) is 24.3 Å². The summed E-state index contributed by atoms with van der Waals surface area (Å²) >= 11 is 6.07. The van der Waals surface area contributed by atoms with E-state index in [1.165, 1.54) is 0 Å². The van der Waals surface area contributed by atoms with Gasteiger partial charge in [0.15, 0.2) is 0 Å². The Bertz CT molecular complexity index is 483. The molecule has 6 heteroatoms. The van der Waals surface area contributed by atoms with E-state index in [1.54, 1.807) is 18.0 Å². The van der Waals surface area contributed by atoms with Gasteiger partial charge in [-0.05, 0) is 11.6 Å². The molecule has 1 heterocycles. The van der Waals surface area contributed by atoms with E-state index >= 15 is 0 Å². The second-order valence-electron chi connectivity index (χ2n) is 4.52. The van der Waals surface area contributed by atoms with Crippen LogP contribution in [0.4, 0.5) is 0 Å². The average molecular weight is 282 g/mol. The van der Waals surface area contributed by atoms with Crippen molar-refractivity contribution in [3.63, 3.8) is 0 Å². The minimum Gasteiger partial charge on any atom is -0.353 e. The first-order chi connectivity index (χ1) is 9.08. The van der Waals surface area contributed by atoms with E-state index in [2.05, 4.69) is 10.6 Å². The van der Waals surface area contributed by atoms with Crippen molar-refractivity contribution >= 4 is 23.4 Å². The molecule has 0 radical (unpaired) electrons. The number of piperazine rings is 1. The standard InChI is InChI=1S/C13H16ClN3O2/c1-17(8-9-4-2-3-5-10(9)14)13(19)11-6-16-12(18)7-15-11/h2-5,11,15H,6-8H2,1H3,(H,16,18). The van der Waals surface area contributed by atoms with E-state index in [9.17, 15) is 9.59 Å². The Kier molecular flexibility index (Phi) is 4.39. The molecule has 0 bridgehead atoms. The monoisotopic (exact) mass is 281 g/mol. The van der Waals surface area contributed by atoms with Gasteiger partial charge in [0.1, 0.15) is 6.04 Å². The predicted molar refractivity (Wildman–Crippen MR) is 72.7 cm³/mol. The highest BCUT2D eigenvalue weighted by atomic mass is 35.5. The highest BCUT2D eigenvalue weighted by Gasteiger charge is 2.26. The van der Waals surface area contributed by atoms with Crippen LogP contribution in [0.1, 0.15) is 5.56 Å². The number of benzene rings is 1. The molecule has 1 aromatic rings. The zero-order chi connectivity index (χ0) is 13.8. The van der Waals surface area contributed by atoms with Crippen molar-refractivity contribution in [3.8, 4) is 0 Å². The molecular formula is C13H16ClN3O2. The lowest BCUT2D eigenvalue weighted by atomic mass is 10.1. The maximum atomic E-state index is 12.2. The molecule has 2 N–H and O–H groups in total. The van der Waals surface area contributed by atoms with Crippen molar-refractivity contribution in [3.05, 3.63) is 34.9 Å². The molecule has 102 valence electrons. The van der Waals surface area contributed by atoms with Gasteiger partial charge in [0.2, 0.25) is 11.8 Å². The third-order valence-electron chi connectivity index (χ3n) is 3.05. The fourth-order valence-corrected chi connectivity index (χ4v) is 2.16. The molecule has 2 amide bonds. The summed E-state index contributed by atoms with van der Waals surface area (Å²) in [6.07, 6.45) is 0. The van der Waals surface area contributed by atoms with Crippen LogP contribution in [0.5, 0.6) is 0 Å². The molecule has 1 fully saturated rings. The fraction of sp³-hybridized carbons (Fsp3) is 0.385. The molecular weight excluding hydrogens is 266 g/mol. The van der Waals surface area contributed by atoms with Crippen LogP contribution < -0.4 is 10.6 Å². The molecule has 0 saturated carbocycles. The maximum Gasteiger partial charge on any atom is 0.241 e. The molecule has 5 nitrogen and oxygen atoms in total. The largest absolute Gasteiger partial charge is 0.353 e. The smallest absolute Gasteiger partial charge is 0.241 e. The van der Waals surface area contributed by atoms with E-state index < -0.39 is 0 Å². The lowest BCUT2D eigenvalue weighted by Crippen LogP contribution is -2.58. The molecule has 1 aromatic carbocycles. The number of hydrogen-bond donors (Lipinski definition) is 2. The van der Waals surface area contributed by atoms with Crippen molar-refractivity contribution in [2.75, 3.05) is 20.1 Å². The SMILES string of the molecule is CN(Cc1ccccc1Cl)C(=O)C1CNC(=O)CN1. The van der Waals surface area contributed by atoms with Gasteiger partial charge in [-0.15, -0.1) is 0 Å². The molecule has 1 atom stereocenters. The second kappa shape index (κ2) is 6.04. The third-order valence-corrected chi connectivity index (χ3v) is 3.42. The Morgan fingerprint density at radius 2 is 2.21 bits per heavy atom. The Morgan fingerprint density at radius 3 is 2.84 bits per heavy atom. The normalized spacial score (nSPS) is 18.8. The van der Waals surface area contributed by atoms with Gasteiger partial charge in [-0.1, -0.05) is 29.8 Å². The van der Waals surface area contributed by atoms with Crippen LogP contribution in [0, 0.1) is 0 Å². The number of hydrogen-bond acceptors (Lipinski definition) is 3. The lowest BCUT2D eigenvalue weighted by molar-refractivity contribution is -0.134. The highest BCUT2D eigenvalue weighted by Crippen LogP contribution is 2.16. The molecule has 1 aliphatic rings. The van der Waals surface area contributed by atoms with E-state index in [1.807, 2.05) is 18.2 Å². The van der Waals surface area contributed by atoms with Gasteiger partial charge in [-0.3, -0.25) is 14.9 Å². The number of halogens is 1. The predicted octanol–water partition coefficient (Wildman–Crippen LogP) is 0.386. The summed E-state index contributed by atoms with van der Waals surface area (Å²) in [6.45, 7) is 0.950. The number of carbonyl (C=O) groups is 2. The summed E-state index contributed by atoms with van der Waals surface area (Å²) in [5, 5.41) is 6.23. The Morgan fingerprint density at radius 1 is 1.47 bits per heavy atom. The highest BCUT2D eigenvalue weighted by molar-refractivity contribution is 6.31. The van der Waals surface area contributed by atoms with Crippen molar-refractivity contribution < 1.29 is 9.59 Å². The van der Waals surface area contributed by atoms with Crippen LogP contribution in [0.2, 0.25) is 5.02 Å². The van der Waals surface area contributed by atoms with Gasteiger partial charge in [0, 0.05) is 25.2 Å². The van der Waals surface area contributed by atoms with Crippen molar-refractivity contribution in [1.29, 1.82) is 0 Å². The third kappa shape index (κ3) is 3.45. The van der Waals surface area contributed by atoms with Gasteiger partial charge in [0.05, 0.1) is 6.54 Å². The zero-order valence-corrected chi connectivity index (χ0v) is 11.4. The van der Waals surface area contributed by atoms with E-state index in [0.29, 0.717) is 18.1 Å². The minimum atomic E-state index is -0.370. The van der Waals surface area contributed by atoms with E-state index in [4.69, 9.17) is 11.6 Å². The van der Waals surface area contributed by atoms with Crippen LogP contribution in [-0.2, 0) is 16.1 Å². The molecule has 0 aliphatic carbocycles. The topological polar surface area (TPSA) is 61.4 Å². The first kappa shape index (κ1) is 13.8. The van der Waals surface area contributed by atoms with Crippen LogP contribution in [0.3, 0.4) is 0 Å². The van der Waals surface area contributed by atoms with Crippen molar-refractivity contribution in [2.24, 2.45) is 0 Å². The summed E-state index contributed by atoms with van der Waals surface area (Å²) in [7, 11) is 1.73.